The van der Waals surface area contributed by atoms with Crippen LogP contribution in [0, 0.1) is 0 Å². The first-order chi connectivity index (χ1) is 10.9. The zero-order valence-corrected chi connectivity index (χ0v) is 15.1. The van der Waals surface area contributed by atoms with Crippen molar-refractivity contribution < 1.29 is 17.9 Å². The molecule has 0 bridgehead atoms. The SMILES string of the molecule is COC(=O)c1ccc(S(=O)(=O)N(C)Cc2ccccc2Br)cc1. The number of hydrogen-bond donors (Lipinski definition) is 0. The number of carbonyl (C=O) groups is 1. The topological polar surface area (TPSA) is 63.7 Å². The fourth-order valence-electron chi connectivity index (χ4n) is 2.01. The molecule has 0 spiro atoms. The molecule has 7 heteroatoms. The van der Waals surface area contributed by atoms with E-state index in [2.05, 4.69) is 20.7 Å². The molecular formula is C16H16BrNO4S. The highest BCUT2D eigenvalue weighted by Gasteiger charge is 2.22. The molecule has 122 valence electrons. The maximum atomic E-state index is 12.6. The third kappa shape index (κ3) is 3.99. The van der Waals surface area contributed by atoms with E-state index >= 15 is 0 Å². The molecule has 0 aliphatic carbocycles. The van der Waals surface area contributed by atoms with Gasteiger partial charge >= 0.3 is 5.97 Å². The van der Waals surface area contributed by atoms with Gasteiger partial charge in [-0.1, -0.05) is 34.1 Å². The zero-order chi connectivity index (χ0) is 17.0. The Balaban J connectivity index is 2.23. The van der Waals surface area contributed by atoms with E-state index in [1.54, 1.807) is 0 Å². The van der Waals surface area contributed by atoms with Crippen molar-refractivity contribution in [3.63, 3.8) is 0 Å². The summed E-state index contributed by atoms with van der Waals surface area (Å²) in [6.07, 6.45) is 0. The molecule has 0 fully saturated rings. The molecule has 0 atom stereocenters. The molecule has 0 saturated heterocycles. The van der Waals surface area contributed by atoms with Crippen LogP contribution in [0.3, 0.4) is 0 Å². The third-order valence-corrected chi connectivity index (χ3v) is 5.93. The predicted molar refractivity (Wildman–Crippen MR) is 90.6 cm³/mol. The molecule has 0 amide bonds. The van der Waals surface area contributed by atoms with Crippen LogP contribution in [-0.4, -0.2) is 32.8 Å². The highest BCUT2D eigenvalue weighted by molar-refractivity contribution is 9.10. The molecule has 0 aliphatic heterocycles. The lowest BCUT2D eigenvalue weighted by Gasteiger charge is -2.18. The molecule has 0 aliphatic rings. The van der Waals surface area contributed by atoms with Gasteiger partial charge in [0.15, 0.2) is 0 Å². The van der Waals surface area contributed by atoms with Gasteiger partial charge in [-0.15, -0.1) is 0 Å². The summed E-state index contributed by atoms with van der Waals surface area (Å²) in [4.78, 5) is 11.5. The van der Waals surface area contributed by atoms with Crippen molar-refractivity contribution in [2.45, 2.75) is 11.4 Å². The fourth-order valence-corrected chi connectivity index (χ4v) is 3.57. The minimum absolute atomic E-state index is 0.125. The van der Waals surface area contributed by atoms with Crippen LogP contribution in [0.2, 0.25) is 0 Å². The number of nitrogens with zero attached hydrogens (tertiary/aromatic N) is 1. The van der Waals surface area contributed by atoms with Crippen LogP contribution in [0.5, 0.6) is 0 Å². The number of rotatable bonds is 5. The summed E-state index contributed by atoms with van der Waals surface area (Å²) >= 11 is 3.41. The standard InChI is InChI=1S/C16H16BrNO4S/c1-18(11-13-5-3-4-6-15(13)17)23(20,21)14-9-7-12(8-10-14)16(19)22-2/h3-10H,11H2,1-2H3. The lowest BCUT2D eigenvalue weighted by Crippen LogP contribution is -2.26. The quantitative estimate of drug-likeness (QED) is 0.727. The highest BCUT2D eigenvalue weighted by atomic mass is 79.9. The van der Waals surface area contributed by atoms with E-state index in [9.17, 15) is 13.2 Å². The zero-order valence-electron chi connectivity index (χ0n) is 12.7. The minimum Gasteiger partial charge on any atom is -0.465 e. The highest BCUT2D eigenvalue weighted by Crippen LogP contribution is 2.21. The fraction of sp³-hybridized carbons (Fsp3) is 0.188. The average molecular weight is 398 g/mol. The number of hydrogen-bond acceptors (Lipinski definition) is 4. The predicted octanol–water partition coefficient (Wildman–Crippen LogP) is 3.06. The molecule has 0 heterocycles. The van der Waals surface area contributed by atoms with E-state index in [1.165, 1.54) is 42.7 Å². The first kappa shape index (κ1) is 17.7. The second-order valence-corrected chi connectivity index (χ2v) is 7.77. The summed E-state index contributed by atoms with van der Waals surface area (Å²) in [5.74, 6) is -0.504. The van der Waals surface area contributed by atoms with Crippen molar-refractivity contribution in [2.75, 3.05) is 14.2 Å². The van der Waals surface area contributed by atoms with Gasteiger partial charge in [-0.3, -0.25) is 0 Å². The monoisotopic (exact) mass is 397 g/mol. The summed E-state index contributed by atoms with van der Waals surface area (Å²) in [5, 5.41) is 0. The molecule has 0 N–H and O–H groups in total. The van der Waals surface area contributed by atoms with Gasteiger partial charge in [-0.05, 0) is 35.9 Å². The molecule has 0 saturated carbocycles. The number of carbonyl (C=O) groups excluding carboxylic acids is 1. The van der Waals surface area contributed by atoms with Gasteiger partial charge < -0.3 is 4.74 Å². The van der Waals surface area contributed by atoms with Gasteiger partial charge in [0.05, 0.1) is 17.6 Å². The number of sulfonamides is 1. The number of halogens is 1. The van der Waals surface area contributed by atoms with Crippen LogP contribution in [0.4, 0.5) is 0 Å². The summed E-state index contributed by atoms with van der Waals surface area (Å²) in [6, 6.07) is 13.1. The van der Waals surface area contributed by atoms with E-state index in [-0.39, 0.29) is 11.4 Å². The molecule has 0 radical (unpaired) electrons. The van der Waals surface area contributed by atoms with E-state index < -0.39 is 16.0 Å². The normalized spacial score (nSPS) is 11.5. The third-order valence-electron chi connectivity index (χ3n) is 3.33. The van der Waals surface area contributed by atoms with E-state index in [0.717, 1.165) is 10.0 Å². The van der Waals surface area contributed by atoms with E-state index in [0.29, 0.717) is 5.56 Å². The van der Waals surface area contributed by atoms with Gasteiger partial charge in [0, 0.05) is 18.1 Å². The Labute approximate surface area is 144 Å². The van der Waals surface area contributed by atoms with Crippen LogP contribution in [0.25, 0.3) is 0 Å². The molecule has 2 aromatic carbocycles. The molecule has 2 rings (SSSR count). The Kier molecular flexibility index (Phi) is 5.56. The summed E-state index contributed by atoms with van der Waals surface area (Å²) in [5.41, 5.74) is 1.17. The van der Waals surface area contributed by atoms with Crippen LogP contribution in [0.1, 0.15) is 15.9 Å². The Hall–Kier alpha value is -1.70. The van der Waals surface area contributed by atoms with Gasteiger partial charge in [0.1, 0.15) is 0 Å². The lowest BCUT2D eigenvalue weighted by molar-refractivity contribution is 0.0600. The summed E-state index contributed by atoms with van der Waals surface area (Å²) in [7, 11) is -0.850. The van der Waals surface area contributed by atoms with Crippen LogP contribution < -0.4 is 0 Å². The minimum atomic E-state index is -3.64. The summed E-state index contributed by atoms with van der Waals surface area (Å²) < 4.78 is 31.9. The van der Waals surface area contributed by atoms with Gasteiger partial charge in [0.25, 0.3) is 0 Å². The van der Waals surface area contributed by atoms with Crippen molar-refractivity contribution in [3.8, 4) is 0 Å². The van der Waals surface area contributed by atoms with E-state index in [4.69, 9.17) is 0 Å². The molecule has 2 aromatic rings. The Bertz CT molecular complexity index is 803. The first-order valence-corrected chi connectivity index (χ1v) is 8.97. The van der Waals surface area contributed by atoms with Crippen LogP contribution >= 0.6 is 15.9 Å². The van der Waals surface area contributed by atoms with Crippen molar-refractivity contribution >= 4 is 31.9 Å². The molecular weight excluding hydrogens is 382 g/mol. The largest absolute Gasteiger partial charge is 0.465 e. The smallest absolute Gasteiger partial charge is 0.337 e. The average Bonchev–Trinajstić information content (AvgIpc) is 2.56. The Morgan fingerprint density at radius 2 is 1.74 bits per heavy atom. The maximum absolute atomic E-state index is 12.6. The van der Waals surface area contributed by atoms with Gasteiger partial charge in [0.2, 0.25) is 10.0 Å². The second-order valence-electron chi connectivity index (χ2n) is 4.87. The second kappa shape index (κ2) is 7.25. The van der Waals surface area contributed by atoms with Crippen molar-refractivity contribution in [1.29, 1.82) is 0 Å². The summed E-state index contributed by atoms with van der Waals surface area (Å²) in [6.45, 7) is 0.239. The van der Waals surface area contributed by atoms with E-state index in [1.807, 2.05) is 24.3 Å². The molecule has 0 aromatic heterocycles. The number of ether oxygens (including phenoxy) is 1. The molecule has 0 unspecified atom stereocenters. The number of methoxy groups -OCH3 is 1. The lowest BCUT2D eigenvalue weighted by atomic mass is 10.2. The maximum Gasteiger partial charge on any atom is 0.337 e. The Morgan fingerprint density at radius 3 is 2.30 bits per heavy atom. The van der Waals surface area contributed by atoms with Crippen molar-refractivity contribution in [2.24, 2.45) is 0 Å². The molecule has 23 heavy (non-hydrogen) atoms. The van der Waals surface area contributed by atoms with Crippen LogP contribution in [0.15, 0.2) is 57.9 Å². The number of benzene rings is 2. The first-order valence-electron chi connectivity index (χ1n) is 6.74. The van der Waals surface area contributed by atoms with Gasteiger partial charge in [-0.2, -0.15) is 4.31 Å². The number of esters is 1. The molecule has 5 nitrogen and oxygen atoms in total. The van der Waals surface area contributed by atoms with Crippen LogP contribution in [-0.2, 0) is 21.3 Å². The Morgan fingerprint density at radius 1 is 1.13 bits per heavy atom. The van der Waals surface area contributed by atoms with Gasteiger partial charge in [-0.25, -0.2) is 13.2 Å². The van der Waals surface area contributed by atoms with Crippen molar-refractivity contribution in [3.05, 3.63) is 64.1 Å². The van der Waals surface area contributed by atoms with Crippen molar-refractivity contribution in [1.82, 2.24) is 4.31 Å².